The third-order valence-corrected chi connectivity index (χ3v) is 21.4. The van der Waals surface area contributed by atoms with Crippen molar-refractivity contribution in [2.45, 2.75) is 458 Å². The number of hydrogen-bond acceptors (Lipinski definition) is 15. The molecule has 0 aromatic carbocycles. The van der Waals surface area contributed by atoms with Crippen LogP contribution in [0, 0.1) is 11.8 Å². The Morgan fingerprint density at radius 2 is 0.451 bits per heavy atom. The van der Waals surface area contributed by atoms with Gasteiger partial charge in [0.1, 0.15) is 19.3 Å². The maximum Gasteiger partial charge on any atom is 0.472 e. The quantitative estimate of drug-likeness (QED) is 0.0222. The Morgan fingerprint density at radius 3 is 0.667 bits per heavy atom. The topological polar surface area (TPSA) is 237 Å². The first-order valence-corrected chi connectivity index (χ1v) is 46.0. The van der Waals surface area contributed by atoms with Crippen LogP contribution in [0.4, 0.5) is 0 Å². The summed E-state index contributed by atoms with van der Waals surface area (Å²) in [6, 6.07) is 0. The first kappa shape index (κ1) is 100. The molecule has 0 amide bonds. The molecule has 0 radical (unpaired) electrons. The summed E-state index contributed by atoms with van der Waals surface area (Å²) in [7, 11) is -9.92. The number of carbonyl (C=O) groups is 4. The number of phosphoric ester groups is 2. The fraction of sp³-hybridized carbons (Fsp3) is 0.952. The molecule has 0 spiro atoms. The second-order valence-electron chi connectivity index (χ2n) is 30.8. The molecule has 3 N–H and O–H groups in total. The second-order valence-corrected chi connectivity index (χ2v) is 33.7. The Labute approximate surface area is 626 Å². The summed E-state index contributed by atoms with van der Waals surface area (Å²) in [5, 5.41) is 10.7. The molecule has 19 heteroatoms. The fourth-order valence-electron chi connectivity index (χ4n) is 12.9. The van der Waals surface area contributed by atoms with E-state index in [0.29, 0.717) is 25.7 Å². The summed E-state index contributed by atoms with van der Waals surface area (Å²) in [5.41, 5.74) is 0. The van der Waals surface area contributed by atoms with Gasteiger partial charge in [0.05, 0.1) is 26.4 Å². The van der Waals surface area contributed by atoms with Gasteiger partial charge in [0.2, 0.25) is 0 Å². The van der Waals surface area contributed by atoms with E-state index in [9.17, 15) is 43.2 Å². The summed E-state index contributed by atoms with van der Waals surface area (Å²) < 4.78 is 68.8. The van der Waals surface area contributed by atoms with Crippen molar-refractivity contribution in [2.24, 2.45) is 11.8 Å². The zero-order valence-electron chi connectivity index (χ0n) is 66.9. The van der Waals surface area contributed by atoms with E-state index < -0.39 is 97.5 Å². The SMILES string of the molecule is CCCCCCCCCCCCCCCCCCC(=O)O[C@H](COC(=O)CCCCCCCCCCC)COP(=O)(O)OC[C@H](O)COP(=O)(O)OC[C@@H](COC(=O)CCCCCCCCCCCCCCCCCC(C)C)OC(=O)CCCCCCCCCCCCCCCCCCC(C)C. The van der Waals surface area contributed by atoms with E-state index in [1.165, 1.54) is 257 Å². The van der Waals surface area contributed by atoms with E-state index in [0.717, 1.165) is 102 Å². The Balaban J connectivity index is 5.22. The van der Waals surface area contributed by atoms with Gasteiger partial charge in [-0.05, 0) is 37.5 Å². The molecule has 0 saturated heterocycles. The average molecular weight is 1490 g/mol. The number of carbonyl (C=O) groups excluding carboxylic acids is 4. The van der Waals surface area contributed by atoms with Crippen LogP contribution in [-0.2, 0) is 65.4 Å². The summed E-state index contributed by atoms with van der Waals surface area (Å²) >= 11 is 0. The predicted octanol–water partition coefficient (Wildman–Crippen LogP) is 25.1. The fourth-order valence-corrected chi connectivity index (χ4v) is 14.5. The smallest absolute Gasteiger partial charge is 0.462 e. The number of esters is 4. The van der Waals surface area contributed by atoms with Gasteiger partial charge in [-0.15, -0.1) is 0 Å². The largest absolute Gasteiger partial charge is 0.472 e. The predicted molar refractivity (Wildman–Crippen MR) is 418 cm³/mol. The van der Waals surface area contributed by atoms with Gasteiger partial charge >= 0.3 is 39.5 Å². The zero-order chi connectivity index (χ0) is 74.9. The van der Waals surface area contributed by atoms with Crippen LogP contribution in [0.2, 0.25) is 0 Å². The average Bonchev–Trinajstić information content (AvgIpc) is 0.919. The molecule has 0 rings (SSSR count). The van der Waals surface area contributed by atoms with E-state index in [-0.39, 0.29) is 25.7 Å². The molecule has 0 bridgehead atoms. The molecular weight excluding hydrogens is 1330 g/mol. The number of rotatable bonds is 82. The molecule has 2 unspecified atom stereocenters. The highest BCUT2D eigenvalue weighted by Gasteiger charge is 2.30. The molecule has 0 heterocycles. The molecule has 0 aliphatic heterocycles. The lowest BCUT2D eigenvalue weighted by molar-refractivity contribution is -0.161. The van der Waals surface area contributed by atoms with Gasteiger partial charge < -0.3 is 33.8 Å². The van der Waals surface area contributed by atoms with Crippen molar-refractivity contribution in [3.63, 3.8) is 0 Å². The van der Waals surface area contributed by atoms with Crippen LogP contribution in [0.1, 0.15) is 440 Å². The first-order chi connectivity index (χ1) is 49.4. The first-order valence-electron chi connectivity index (χ1n) is 43.0. The monoisotopic (exact) mass is 1490 g/mol. The lowest BCUT2D eigenvalue weighted by Gasteiger charge is -2.21. The van der Waals surface area contributed by atoms with E-state index in [4.69, 9.17) is 37.0 Å². The minimum Gasteiger partial charge on any atom is -0.462 e. The lowest BCUT2D eigenvalue weighted by Crippen LogP contribution is -2.30. The summed E-state index contributed by atoms with van der Waals surface area (Å²) in [6.07, 6.45) is 65.2. The number of ether oxygens (including phenoxy) is 4. The summed E-state index contributed by atoms with van der Waals surface area (Å²) in [6.45, 7) is 9.70. The Bertz CT molecular complexity index is 1960. The normalized spacial score (nSPS) is 13.9. The molecule has 0 aromatic heterocycles. The van der Waals surface area contributed by atoms with Crippen molar-refractivity contribution in [2.75, 3.05) is 39.6 Å². The standard InChI is InChI=1S/C83H162O17P2/c1-7-9-11-13-15-17-18-19-20-26-32-37-43-49-55-61-67-82(87)99-78(71-93-80(85)65-59-53-47-39-16-14-12-10-8-2)73-97-101(89,90)95-69-77(84)70-96-102(91,92)98-74-79(72-94-81(86)66-60-54-48-42-36-31-28-23-25-30-35-41-46-52-58-64-76(5)6)100-83(88)68-62-56-50-44-38-33-27-22-21-24-29-34-40-45-51-57-63-75(3)4/h75-79,84H,7-74H2,1-6H3,(H,89,90)(H,91,92)/t77-,78+,79+/m0/s1. The number of hydrogen-bond donors (Lipinski definition) is 3. The van der Waals surface area contributed by atoms with Crippen LogP contribution in [0.3, 0.4) is 0 Å². The summed E-state index contributed by atoms with van der Waals surface area (Å²) in [4.78, 5) is 73.1. The van der Waals surface area contributed by atoms with E-state index in [1.54, 1.807) is 0 Å². The third-order valence-electron chi connectivity index (χ3n) is 19.5. The Kier molecular flexibility index (Phi) is 73.1. The van der Waals surface area contributed by atoms with Crippen LogP contribution < -0.4 is 0 Å². The van der Waals surface area contributed by atoms with Gasteiger partial charge in [-0.2, -0.15) is 0 Å². The van der Waals surface area contributed by atoms with Crippen LogP contribution >= 0.6 is 15.6 Å². The van der Waals surface area contributed by atoms with Gasteiger partial charge in [0.15, 0.2) is 12.2 Å². The molecule has 0 fully saturated rings. The number of aliphatic hydroxyl groups excluding tert-OH is 1. The molecule has 0 aromatic rings. The molecule has 0 saturated carbocycles. The number of unbranched alkanes of at least 4 members (excludes halogenated alkanes) is 52. The highest BCUT2D eigenvalue weighted by molar-refractivity contribution is 7.47. The Morgan fingerprint density at radius 1 is 0.265 bits per heavy atom. The van der Waals surface area contributed by atoms with Crippen molar-refractivity contribution >= 4 is 39.5 Å². The van der Waals surface area contributed by atoms with Crippen molar-refractivity contribution in [3.8, 4) is 0 Å². The van der Waals surface area contributed by atoms with E-state index in [2.05, 4.69) is 41.5 Å². The zero-order valence-corrected chi connectivity index (χ0v) is 68.7. The van der Waals surface area contributed by atoms with Crippen molar-refractivity contribution in [3.05, 3.63) is 0 Å². The number of phosphoric acid groups is 2. The second kappa shape index (κ2) is 74.5. The van der Waals surface area contributed by atoms with Crippen molar-refractivity contribution in [1.29, 1.82) is 0 Å². The maximum atomic E-state index is 13.1. The van der Waals surface area contributed by atoms with Gasteiger partial charge in [0.25, 0.3) is 0 Å². The lowest BCUT2D eigenvalue weighted by atomic mass is 10.0. The number of aliphatic hydroxyl groups is 1. The van der Waals surface area contributed by atoms with Crippen molar-refractivity contribution in [1.82, 2.24) is 0 Å². The molecule has 102 heavy (non-hydrogen) atoms. The van der Waals surface area contributed by atoms with E-state index >= 15 is 0 Å². The minimum atomic E-state index is -4.96. The molecule has 0 aliphatic carbocycles. The van der Waals surface area contributed by atoms with Crippen LogP contribution in [0.25, 0.3) is 0 Å². The molecule has 17 nitrogen and oxygen atoms in total. The molecule has 5 atom stereocenters. The maximum absolute atomic E-state index is 13.1. The van der Waals surface area contributed by atoms with Gasteiger partial charge in [-0.3, -0.25) is 37.3 Å². The van der Waals surface area contributed by atoms with Crippen LogP contribution in [0.5, 0.6) is 0 Å². The van der Waals surface area contributed by atoms with Gasteiger partial charge in [-0.25, -0.2) is 9.13 Å². The van der Waals surface area contributed by atoms with Crippen LogP contribution in [0.15, 0.2) is 0 Å². The molecular formula is C83H162O17P2. The van der Waals surface area contributed by atoms with Gasteiger partial charge in [0, 0.05) is 25.7 Å². The summed E-state index contributed by atoms with van der Waals surface area (Å²) in [5.74, 6) is -0.490. The van der Waals surface area contributed by atoms with Gasteiger partial charge in [-0.1, -0.05) is 388 Å². The molecule has 606 valence electrons. The third kappa shape index (κ3) is 76.3. The van der Waals surface area contributed by atoms with Crippen molar-refractivity contribution < 1.29 is 80.2 Å². The highest BCUT2D eigenvalue weighted by atomic mass is 31.2. The molecule has 0 aliphatic rings. The Hall–Kier alpha value is -1.94. The van der Waals surface area contributed by atoms with Crippen LogP contribution in [-0.4, -0.2) is 96.7 Å². The minimum absolute atomic E-state index is 0.108. The van der Waals surface area contributed by atoms with E-state index in [1.807, 2.05) is 0 Å². The highest BCUT2D eigenvalue weighted by Crippen LogP contribution is 2.45.